The molecule has 2 aliphatic heterocycles. The average Bonchev–Trinajstić information content (AvgIpc) is 3.83. The number of aliphatic hydroxyl groups is 1. The van der Waals surface area contributed by atoms with Crippen LogP contribution in [0, 0.1) is 0 Å². The zero-order chi connectivity index (χ0) is 34.3. The number of likely N-dealkylation sites (tertiary alicyclic amines) is 1. The summed E-state index contributed by atoms with van der Waals surface area (Å²) in [5.74, 6) is 2.01. The maximum Gasteiger partial charge on any atom is 0.195 e. The number of hydrogen-bond donors (Lipinski definition) is 1. The highest BCUT2D eigenvalue weighted by molar-refractivity contribution is 7.22. The summed E-state index contributed by atoms with van der Waals surface area (Å²) in [6.07, 6.45) is 2.47. The zero-order valence-corrected chi connectivity index (χ0v) is 29.4. The van der Waals surface area contributed by atoms with E-state index < -0.39 is 0 Å². The van der Waals surface area contributed by atoms with Crippen LogP contribution in [0.5, 0.6) is 17.2 Å². The third-order valence-electron chi connectivity index (χ3n) is 9.54. The second-order valence-electron chi connectivity index (χ2n) is 12.9. The molecule has 50 heavy (non-hydrogen) atoms. The molecule has 9 heteroatoms. The number of ketones is 1. The van der Waals surface area contributed by atoms with Crippen molar-refractivity contribution in [3.8, 4) is 27.7 Å². The standard InChI is InChI=1S/C41H44N2O6S/c1-46-37-24-30(9-10-32(37)26-43-17-20-47-21-18-43)40(45)39-35-13-12-34(49-28-29-7-3-2-4-8-29)25-38(35)50-41(39)31-11-14-36(33(23-31)27-44)48-22-19-42-15-5-6-16-42/h2-4,7-14,23-25,44H,5-6,15-22,26-28H2,1H3. The van der Waals surface area contributed by atoms with Crippen LogP contribution in [0.3, 0.4) is 0 Å². The molecule has 0 saturated carbocycles. The fraction of sp³-hybridized carbons (Fsp3) is 0.341. The highest BCUT2D eigenvalue weighted by atomic mass is 32.1. The first kappa shape index (κ1) is 34.2. The lowest BCUT2D eigenvalue weighted by molar-refractivity contribution is 0.0339. The minimum absolute atomic E-state index is 0.0862. The zero-order valence-electron chi connectivity index (χ0n) is 28.6. The van der Waals surface area contributed by atoms with E-state index in [-0.39, 0.29) is 12.4 Å². The van der Waals surface area contributed by atoms with Gasteiger partial charge in [0.15, 0.2) is 5.78 Å². The maximum atomic E-state index is 14.6. The van der Waals surface area contributed by atoms with Crippen molar-refractivity contribution < 1.29 is 28.8 Å². The fourth-order valence-electron chi connectivity index (χ4n) is 6.77. The van der Waals surface area contributed by atoms with Gasteiger partial charge in [0.25, 0.3) is 0 Å². The molecule has 0 radical (unpaired) electrons. The monoisotopic (exact) mass is 692 g/mol. The molecule has 260 valence electrons. The van der Waals surface area contributed by atoms with Crippen molar-refractivity contribution in [1.29, 1.82) is 0 Å². The Labute approximate surface area is 297 Å². The van der Waals surface area contributed by atoms with Crippen LogP contribution in [0.25, 0.3) is 20.5 Å². The summed E-state index contributed by atoms with van der Waals surface area (Å²) in [5.41, 5.74) is 4.85. The Balaban J connectivity index is 1.22. The van der Waals surface area contributed by atoms with Gasteiger partial charge < -0.3 is 24.1 Å². The van der Waals surface area contributed by atoms with Crippen molar-refractivity contribution in [1.82, 2.24) is 9.80 Å². The number of carbonyl (C=O) groups excluding carboxylic acids is 1. The molecule has 8 nitrogen and oxygen atoms in total. The predicted molar refractivity (Wildman–Crippen MR) is 198 cm³/mol. The van der Waals surface area contributed by atoms with Gasteiger partial charge in [0.2, 0.25) is 0 Å². The number of ether oxygens (including phenoxy) is 4. The van der Waals surface area contributed by atoms with Crippen LogP contribution in [0.4, 0.5) is 0 Å². The van der Waals surface area contributed by atoms with Gasteiger partial charge in [-0.25, -0.2) is 0 Å². The maximum absolute atomic E-state index is 14.6. The minimum Gasteiger partial charge on any atom is -0.496 e. The quantitative estimate of drug-likeness (QED) is 0.123. The summed E-state index contributed by atoms with van der Waals surface area (Å²) >= 11 is 1.55. The van der Waals surface area contributed by atoms with Crippen LogP contribution >= 0.6 is 11.3 Å². The minimum atomic E-state index is -0.166. The summed E-state index contributed by atoms with van der Waals surface area (Å²) in [6, 6.07) is 27.6. The number of nitrogens with zero attached hydrogens (tertiary/aromatic N) is 2. The number of carbonyl (C=O) groups is 1. The van der Waals surface area contributed by atoms with E-state index in [1.807, 2.05) is 84.9 Å². The number of hydrogen-bond acceptors (Lipinski definition) is 9. The lowest BCUT2D eigenvalue weighted by Gasteiger charge is -2.27. The smallest absolute Gasteiger partial charge is 0.195 e. The van der Waals surface area contributed by atoms with E-state index in [4.69, 9.17) is 18.9 Å². The van der Waals surface area contributed by atoms with Crippen LogP contribution in [0.15, 0.2) is 84.9 Å². The highest BCUT2D eigenvalue weighted by Crippen LogP contribution is 2.43. The molecule has 0 atom stereocenters. The van der Waals surface area contributed by atoms with Gasteiger partial charge in [0, 0.05) is 63.4 Å². The molecule has 0 spiro atoms. The van der Waals surface area contributed by atoms with Crippen LogP contribution in [0.2, 0.25) is 0 Å². The Morgan fingerprint density at radius 3 is 2.44 bits per heavy atom. The van der Waals surface area contributed by atoms with Crippen molar-refractivity contribution in [2.45, 2.75) is 32.6 Å². The van der Waals surface area contributed by atoms with Gasteiger partial charge >= 0.3 is 0 Å². The van der Waals surface area contributed by atoms with E-state index in [9.17, 15) is 9.90 Å². The first-order valence-corrected chi connectivity index (χ1v) is 18.3. The van der Waals surface area contributed by atoms with Gasteiger partial charge in [-0.15, -0.1) is 11.3 Å². The number of benzene rings is 4. The molecule has 0 amide bonds. The topological polar surface area (TPSA) is 80.7 Å². The van der Waals surface area contributed by atoms with Crippen molar-refractivity contribution in [3.63, 3.8) is 0 Å². The molecule has 0 unspecified atom stereocenters. The largest absolute Gasteiger partial charge is 0.496 e. The fourth-order valence-corrected chi connectivity index (χ4v) is 8.00. The van der Waals surface area contributed by atoms with Crippen molar-refractivity contribution in [2.24, 2.45) is 0 Å². The van der Waals surface area contributed by atoms with Crippen molar-refractivity contribution >= 4 is 27.2 Å². The number of morpholine rings is 1. The third-order valence-corrected chi connectivity index (χ3v) is 10.7. The van der Waals surface area contributed by atoms with E-state index in [0.29, 0.717) is 41.4 Å². The molecule has 3 heterocycles. The second kappa shape index (κ2) is 16.2. The summed E-state index contributed by atoms with van der Waals surface area (Å²) in [7, 11) is 1.65. The van der Waals surface area contributed by atoms with Gasteiger partial charge in [-0.2, -0.15) is 0 Å². The summed E-state index contributed by atoms with van der Waals surface area (Å²) in [5, 5.41) is 11.2. The predicted octanol–water partition coefficient (Wildman–Crippen LogP) is 7.19. The Hall–Kier alpha value is -4.25. The molecule has 1 N–H and O–H groups in total. The Kier molecular flexibility index (Phi) is 11.1. The molecular formula is C41H44N2O6S. The first-order chi connectivity index (χ1) is 24.6. The van der Waals surface area contributed by atoms with E-state index in [2.05, 4.69) is 9.80 Å². The van der Waals surface area contributed by atoms with E-state index in [0.717, 1.165) is 89.9 Å². The Morgan fingerprint density at radius 2 is 1.66 bits per heavy atom. The number of thiophene rings is 1. The number of aliphatic hydroxyl groups excluding tert-OH is 1. The van der Waals surface area contributed by atoms with Crippen LogP contribution < -0.4 is 14.2 Å². The normalized spacial score (nSPS) is 15.4. The molecule has 1 aromatic heterocycles. The summed E-state index contributed by atoms with van der Waals surface area (Å²) in [4.78, 5) is 20.2. The molecule has 0 bridgehead atoms. The van der Waals surface area contributed by atoms with Crippen LogP contribution in [-0.2, 0) is 24.5 Å². The van der Waals surface area contributed by atoms with E-state index in [1.54, 1.807) is 18.4 Å². The molecule has 0 aliphatic carbocycles. The Bertz CT molecular complexity index is 1910. The van der Waals surface area contributed by atoms with Gasteiger partial charge in [-0.1, -0.05) is 42.5 Å². The molecule has 5 aromatic rings. The average molecular weight is 693 g/mol. The molecule has 4 aromatic carbocycles. The van der Waals surface area contributed by atoms with Crippen molar-refractivity contribution in [2.75, 3.05) is 59.7 Å². The van der Waals surface area contributed by atoms with Gasteiger partial charge in [-0.3, -0.25) is 14.6 Å². The number of fused-ring (bicyclic) bond motifs is 1. The summed E-state index contributed by atoms with van der Waals surface area (Å²) < 4.78 is 24.6. The molecular weight excluding hydrogens is 649 g/mol. The first-order valence-electron chi connectivity index (χ1n) is 17.4. The molecule has 2 aliphatic rings. The molecule has 2 saturated heterocycles. The third kappa shape index (κ3) is 7.88. The van der Waals surface area contributed by atoms with Gasteiger partial charge in [-0.05, 0) is 79.5 Å². The lowest BCUT2D eigenvalue weighted by atomic mass is 9.96. The summed E-state index contributed by atoms with van der Waals surface area (Å²) in [6.45, 7) is 7.83. The van der Waals surface area contributed by atoms with Crippen LogP contribution in [0.1, 0.15) is 45.5 Å². The number of methoxy groups -OCH3 is 1. The highest BCUT2D eigenvalue weighted by Gasteiger charge is 2.24. The van der Waals surface area contributed by atoms with Gasteiger partial charge in [0.05, 0.1) is 26.9 Å². The lowest BCUT2D eigenvalue weighted by Crippen LogP contribution is -2.35. The van der Waals surface area contributed by atoms with E-state index >= 15 is 0 Å². The van der Waals surface area contributed by atoms with Crippen molar-refractivity contribution in [3.05, 3.63) is 113 Å². The van der Waals surface area contributed by atoms with Gasteiger partial charge in [0.1, 0.15) is 30.5 Å². The van der Waals surface area contributed by atoms with E-state index in [1.165, 1.54) is 12.8 Å². The van der Waals surface area contributed by atoms with Crippen LogP contribution in [-0.4, -0.2) is 80.3 Å². The number of rotatable bonds is 14. The second-order valence-corrected chi connectivity index (χ2v) is 13.9. The SMILES string of the molecule is COc1cc(C(=O)c2c(-c3ccc(OCCN4CCCC4)c(CO)c3)sc3cc(OCc4ccccc4)ccc23)ccc1CN1CCOCC1. The Morgan fingerprint density at radius 1 is 0.840 bits per heavy atom. The molecule has 7 rings (SSSR count). The molecule has 2 fully saturated rings.